The third-order valence-electron chi connectivity index (χ3n) is 1.93. The summed E-state index contributed by atoms with van der Waals surface area (Å²) < 4.78 is 4.83. The van der Waals surface area contributed by atoms with Gasteiger partial charge in [-0.2, -0.15) is 0 Å². The second-order valence-electron chi connectivity index (χ2n) is 2.92. The second-order valence-corrected chi connectivity index (χ2v) is 2.92. The van der Waals surface area contributed by atoms with Crippen LogP contribution in [0.3, 0.4) is 0 Å². The average molecular weight is 240 g/mol. The molecule has 1 amide bonds. The monoisotopic (exact) mass is 239 g/mol. The minimum Gasteiger partial charge on any atom is -0.350 e. The van der Waals surface area contributed by atoms with Gasteiger partial charge in [0.25, 0.3) is 0 Å². The maximum atomic E-state index is 11.1. The van der Waals surface area contributed by atoms with Crippen molar-refractivity contribution in [1.82, 2.24) is 10.6 Å². The van der Waals surface area contributed by atoms with Crippen LogP contribution < -0.4 is 11.3 Å². The highest BCUT2D eigenvalue weighted by Gasteiger charge is 2.11. The van der Waals surface area contributed by atoms with Crippen LogP contribution in [0, 0.1) is 0 Å². The Labute approximate surface area is 98.0 Å². The largest absolute Gasteiger partial charge is 0.350 e. The highest BCUT2D eigenvalue weighted by atomic mass is 35.5. The van der Waals surface area contributed by atoms with Gasteiger partial charge in [0.15, 0.2) is 0 Å². The zero-order valence-corrected chi connectivity index (χ0v) is 9.03. The molecule has 3 N–H and O–H groups in total. The summed E-state index contributed by atoms with van der Waals surface area (Å²) in [4.78, 5) is 11.1. The topological polar surface area (TPSA) is 81.1 Å². The number of nitrogens with one attached hydrogen (secondary N) is 1. The molecule has 6 heteroatoms. The Bertz CT molecular complexity index is 470. The molecule has 1 aromatic heterocycles. The molecule has 0 saturated carbocycles. The first-order valence-electron chi connectivity index (χ1n) is 4.34. The Balaban J connectivity index is 0.00000128. The lowest BCUT2D eigenvalue weighted by atomic mass is 10.1. The van der Waals surface area contributed by atoms with Crippen molar-refractivity contribution in [3.8, 4) is 11.3 Å². The number of halogens is 1. The number of benzene rings is 1. The molecule has 0 fully saturated rings. The van der Waals surface area contributed by atoms with E-state index in [-0.39, 0.29) is 18.2 Å². The van der Waals surface area contributed by atoms with E-state index in [1.807, 2.05) is 35.8 Å². The van der Waals surface area contributed by atoms with Crippen LogP contribution in [-0.2, 0) is 0 Å². The molecule has 16 heavy (non-hydrogen) atoms. The van der Waals surface area contributed by atoms with E-state index in [0.717, 1.165) is 5.56 Å². The van der Waals surface area contributed by atoms with Crippen molar-refractivity contribution >= 4 is 18.3 Å². The van der Waals surface area contributed by atoms with Gasteiger partial charge in [0.05, 0.1) is 0 Å². The molecule has 0 saturated heterocycles. The van der Waals surface area contributed by atoms with Crippen molar-refractivity contribution in [3.05, 3.63) is 42.2 Å². The lowest BCUT2D eigenvalue weighted by molar-refractivity contribution is 0.0917. The highest BCUT2D eigenvalue weighted by Crippen LogP contribution is 2.18. The first kappa shape index (κ1) is 12.2. The molecule has 2 aromatic rings. The molecule has 0 atom stereocenters. The van der Waals surface area contributed by atoms with Gasteiger partial charge in [-0.1, -0.05) is 35.5 Å². The standard InChI is InChI=1S/C10H9N3O2.ClH/c11-12-10(14)9-6-8(13-15-9)7-4-2-1-3-5-7;/h1-6H,11H2,(H,12,14);1H. The summed E-state index contributed by atoms with van der Waals surface area (Å²) in [5.74, 6) is 4.56. The molecule has 1 aromatic carbocycles. The first-order chi connectivity index (χ1) is 7.31. The Kier molecular flexibility index (Phi) is 4.04. The van der Waals surface area contributed by atoms with Gasteiger partial charge in [-0.15, -0.1) is 12.4 Å². The third-order valence-corrected chi connectivity index (χ3v) is 1.93. The molecule has 0 aliphatic rings. The van der Waals surface area contributed by atoms with Gasteiger partial charge in [-0.05, 0) is 0 Å². The normalized spacial score (nSPS) is 9.31. The summed E-state index contributed by atoms with van der Waals surface area (Å²) in [6.07, 6.45) is 0. The molecule has 5 nitrogen and oxygen atoms in total. The number of aromatic nitrogens is 1. The number of nitrogens with two attached hydrogens (primary N) is 1. The second kappa shape index (κ2) is 5.29. The van der Waals surface area contributed by atoms with Crippen LogP contribution >= 0.6 is 12.4 Å². The number of nitrogens with zero attached hydrogens (tertiary/aromatic N) is 1. The van der Waals surface area contributed by atoms with Crippen LogP contribution in [0.4, 0.5) is 0 Å². The summed E-state index contributed by atoms with van der Waals surface area (Å²) in [5.41, 5.74) is 3.47. The number of carbonyl (C=O) groups excluding carboxylic acids is 1. The van der Waals surface area contributed by atoms with Gasteiger partial charge in [0.1, 0.15) is 5.69 Å². The Morgan fingerprint density at radius 3 is 2.62 bits per heavy atom. The van der Waals surface area contributed by atoms with Crippen molar-refractivity contribution in [3.63, 3.8) is 0 Å². The summed E-state index contributed by atoms with van der Waals surface area (Å²) in [5, 5.41) is 3.76. The summed E-state index contributed by atoms with van der Waals surface area (Å²) in [6.45, 7) is 0. The quantitative estimate of drug-likeness (QED) is 0.471. The van der Waals surface area contributed by atoms with Gasteiger partial charge in [-0.25, -0.2) is 5.84 Å². The maximum Gasteiger partial charge on any atom is 0.303 e. The van der Waals surface area contributed by atoms with E-state index in [4.69, 9.17) is 10.4 Å². The molecule has 0 bridgehead atoms. The van der Waals surface area contributed by atoms with Crippen molar-refractivity contribution in [2.75, 3.05) is 0 Å². The predicted octanol–water partition coefficient (Wildman–Crippen LogP) is 1.37. The number of carbonyl (C=O) groups is 1. The molecular formula is C10H10ClN3O2. The van der Waals surface area contributed by atoms with E-state index in [1.165, 1.54) is 6.07 Å². The smallest absolute Gasteiger partial charge is 0.303 e. The Morgan fingerprint density at radius 2 is 2.00 bits per heavy atom. The Hall–Kier alpha value is -1.85. The summed E-state index contributed by atoms with van der Waals surface area (Å²) in [6, 6.07) is 11.0. The van der Waals surface area contributed by atoms with Crippen molar-refractivity contribution in [2.24, 2.45) is 5.84 Å². The molecular weight excluding hydrogens is 230 g/mol. The molecule has 0 aliphatic carbocycles. The molecule has 0 aliphatic heterocycles. The van der Waals surface area contributed by atoms with Gasteiger partial charge in [0, 0.05) is 11.6 Å². The number of nitrogen functional groups attached to an aromatic ring is 1. The van der Waals surface area contributed by atoms with Crippen LogP contribution in [0.2, 0.25) is 0 Å². The van der Waals surface area contributed by atoms with Gasteiger partial charge >= 0.3 is 5.91 Å². The lowest BCUT2D eigenvalue weighted by Crippen LogP contribution is -2.29. The number of amides is 1. The minimum absolute atomic E-state index is 0. The number of hydrazine groups is 1. The van der Waals surface area contributed by atoms with E-state index in [1.54, 1.807) is 0 Å². The molecule has 0 radical (unpaired) electrons. The van der Waals surface area contributed by atoms with Gasteiger partial charge < -0.3 is 4.52 Å². The first-order valence-corrected chi connectivity index (χ1v) is 4.34. The van der Waals surface area contributed by atoms with E-state index >= 15 is 0 Å². The molecule has 1 heterocycles. The van der Waals surface area contributed by atoms with Gasteiger partial charge in [-0.3, -0.25) is 10.2 Å². The van der Waals surface area contributed by atoms with Gasteiger partial charge in [0.2, 0.25) is 5.76 Å². The fourth-order valence-electron chi connectivity index (χ4n) is 1.20. The van der Waals surface area contributed by atoms with Crippen molar-refractivity contribution in [2.45, 2.75) is 0 Å². The van der Waals surface area contributed by atoms with E-state index < -0.39 is 5.91 Å². The minimum atomic E-state index is -0.496. The number of rotatable bonds is 2. The zero-order chi connectivity index (χ0) is 10.7. The van der Waals surface area contributed by atoms with Crippen LogP contribution in [0.25, 0.3) is 11.3 Å². The van der Waals surface area contributed by atoms with Crippen LogP contribution in [0.1, 0.15) is 10.6 Å². The van der Waals surface area contributed by atoms with Crippen molar-refractivity contribution < 1.29 is 9.32 Å². The predicted molar refractivity (Wildman–Crippen MR) is 60.8 cm³/mol. The lowest BCUT2D eigenvalue weighted by Gasteiger charge is -1.91. The molecule has 2 rings (SSSR count). The third kappa shape index (κ3) is 2.39. The SMILES string of the molecule is Cl.NNC(=O)c1cc(-c2ccccc2)no1. The molecule has 84 valence electrons. The van der Waals surface area contributed by atoms with Crippen molar-refractivity contribution in [1.29, 1.82) is 0 Å². The van der Waals surface area contributed by atoms with E-state index in [2.05, 4.69) is 5.16 Å². The van der Waals surface area contributed by atoms with Crippen LogP contribution in [-0.4, -0.2) is 11.1 Å². The molecule has 0 unspecified atom stereocenters. The molecule has 0 spiro atoms. The fraction of sp³-hybridized carbons (Fsp3) is 0. The highest BCUT2D eigenvalue weighted by molar-refractivity contribution is 5.91. The number of hydrogen-bond donors (Lipinski definition) is 2. The average Bonchev–Trinajstić information content (AvgIpc) is 2.78. The summed E-state index contributed by atoms with van der Waals surface area (Å²) >= 11 is 0. The van der Waals surface area contributed by atoms with E-state index in [0.29, 0.717) is 5.69 Å². The van der Waals surface area contributed by atoms with Crippen LogP contribution in [0.15, 0.2) is 40.9 Å². The summed E-state index contributed by atoms with van der Waals surface area (Å²) in [7, 11) is 0. The van der Waals surface area contributed by atoms with Crippen LogP contribution in [0.5, 0.6) is 0 Å². The Morgan fingerprint density at radius 1 is 1.31 bits per heavy atom. The fourth-order valence-corrected chi connectivity index (χ4v) is 1.20. The number of hydrogen-bond acceptors (Lipinski definition) is 4. The zero-order valence-electron chi connectivity index (χ0n) is 8.21. The van der Waals surface area contributed by atoms with E-state index in [9.17, 15) is 4.79 Å². The maximum absolute atomic E-state index is 11.1.